The quantitative estimate of drug-likeness (QED) is 0.418. The molecule has 3 amide bonds. The summed E-state index contributed by atoms with van der Waals surface area (Å²) < 4.78 is 15.5. The Balaban J connectivity index is 1.80. The monoisotopic (exact) mass is 582 g/mol. The van der Waals surface area contributed by atoms with E-state index in [2.05, 4.69) is 20.0 Å². The van der Waals surface area contributed by atoms with Gasteiger partial charge in [-0.25, -0.2) is 4.79 Å². The van der Waals surface area contributed by atoms with Gasteiger partial charge >= 0.3 is 6.09 Å². The normalized spacial score (nSPS) is 12.8. The molecule has 1 aromatic heterocycles. The van der Waals surface area contributed by atoms with Crippen molar-refractivity contribution in [1.29, 1.82) is 0 Å². The summed E-state index contributed by atoms with van der Waals surface area (Å²) in [5.41, 5.74) is 4.11. The number of carbonyl (C=O) groups is 3. The van der Waals surface area contributed by atoms with E-state index in [1.807, 2.05) is 13.8 Å². The predicted molar refractivity (Wildman–Crippen MR) is 154 cm³/mol. The van der Waals surface area contributed by atoms with Gasteiger partial charge in [0.1, 0.15) is 23.6 Å². The highest BCUT2D eigenvalue weighted by molar-refractivity contribution is 7.97. The number of pyridine rings is 1. The van der Waals surface area contributed by atoms with Gasteiger partial charge in [0.05, 0.1) is 25.0 Å². The minimum atomic E-state index is -0.724. The highest BCUT2D eigenvalue weighted by Gasteiger charge is 2.32. The van der Waals surface area contributed by atoms with Gasteiger partial charge in [-0.15, -0.1) is 0 Å². The molecular weight excluding hydrogens is 548 g/mol. The number of nitrogens with one attached hydrogen (secondary N) is 2. The first-order valence-electron chi connectivity index (χ1n) is 12.9. The molecule has 14 heteroatoms. The van der Waals surface area contributed by atoms with Gasteiger partial charge in [0, 0.05) is 48.3 Å². The van der Waals surface area contributed by atoms with Gasteiger partial charge in [-0.2, -0.15) is 19.4 Å². The zero-order chi connectivity index (χ0) is 30.1. The van der Waals surface area contributed by atoms with Gasteiger partial charge in [0.2, 0.25) is 5.91 Å². The van der Waals surface area contributed by atoms with Crippen molar-refractivity contribution in [2.45, 2.75) is 52.5 Å². The molecule has 2 aliphatic heterocycles. The highest BCUT2D eigenvalue weighted by Crippen LogP contribution is 2.38. The van der Waals surface area contributed by atoms with Crippen molar-refractivity contribution >= 4 is 35.7 Å². The minimum Gasteiger partial charge on any atom is -0.496 e. The van der Waals surface area contributed by atoms with Gasteiger partial charge in [-0.05, 0) is 58.2 Å². The Morgan fingerprint density at radius 3 is 2.56 bits per heavy atom. The third-order valence-electron chi connectivity index (χ3n) is 6.23. The van der Waals surface area contributed by atoms with Crippen molar-refractivity contribution < 1.29 is 23.9 Å². The number of hydrogen-bond acceptors (Lipinski definition) is 10. The fraction of sp³-hybridized carbons (Fsp3) is 0.444. The van der Waals surface area contributed by atoms with Crippen LogP contribution >= 0.6 is 11.9 Å². The zero-order valence-electron chi connectivity index (χ0n) is 24.4. The molecule has 13 nitrogen and oxygen atoms in total. The molecule has 0 radical (unpaired) electrons. The van der Waals surface area contributed by atoms with Crippen molar-refractivity contribution in [3.8, 4) is 17.0 Å². The molecule has 0 aromatic carbocycles. The Bertz CT molecular complexity index is 1510. The van der Waals surface area contributed by atoms with Gasteiger partial charge in [-0.3, -0.25) is 19.9 Å². The van der Waals surface area contributed by atoms with Crippen molar-refractivity contribution in [3.05, 3.63) is 45.9 Å². The molecule has 4 rings (SSSR count). The number of amidine groups is 1. The lowest BCUT2D eigenvalue weighted by Gasteiger charge is -2.20. The predicted octanol–water partition coefficient (Wildman–Crippen LogP) is 2.70. The van der Waals surface area contributed by atoms with Gasteiger partial charge < -0.3 is 19.7 Å². The maximum atomic E-state index is 13.2. The van der Waals surface area contributed by atoms with Crippen molar-refractivity contribution in [1.82, 2.24) is 35.5 Å². The summed E-state index contributed by atoms with van der Waals surface area (Å²) in [6, 6.07) is 1.66. The SMILES string of the molecule is COc1c(C)cnc(Cn2nc3cc(C(=O)NCC(=O)N(C)C)c4c-3c(n2)C(NC(=O)OC(C)(C)C)=NSC4)c1C. The molecule has 0 saturated carbocycles. The lowest BCUT2D eigenvalue weighted by atomic mass is 10.1. The number of alkyl carbamates (subject to hydrolysis) is 1. The van der Waals surface area contributed by atoms with E-state index >= 15 is 0 Å². The van der Waals surface area contributed by atoms with Crippen LogP contribution < -0.4 is 15.4 Å². The molecule has 3 aliphatic rings. The fourth-order valence-electron chi connectivity index (χ4n) is 4.29. The Morgan fingerprint density at radius 1 is 1.17 bits per heavy atom. The number of likely N-dealkylation sites (N-methyl/N-ethyl adjacent to an activating group) is 1. The second-order valence-corrected chi connectivity index (χ2v) is 11.5. The van der Waals surface area contributed by atoms with Crippen LogP contribution in [-0.4, -0.2) is 82.0 Å². The Kier molecular flexibility index (Phi) is 8.52. The maximum absolute atomic E-state index is 13.2. The van der Waals surface area contributed by atoms with E-state index in [9.17, 15) is 14.4 Å². The van der Waals surface area contributed by atoms with Gasteiger partial charge in [0.25, 0.3) is 5.91 Å². The molecule has 218 valence electrons. The number of rotatable bonds is 6. The van der Waals surface area contributed by atoms with Crippen LogP contribution in [-0.2, 0) is 21.8 Å². The van der Waals surface area contributed by atoms with E-state index in [0.29, 0.717) is 39.5 Å². The summed E-state index contributed by atoms with van der Waals surface area (Å²) in [7, 11) is 4.84. The average Bonchev–Trinajstić information content (AvgIpc) is 3.15. The van der Waals surface area contributed by atoms with Crippen LogP contribution in [0.5, 0.6) is 5.75 Å². The first-order chi connectivity index (χ1) is 19.3. The second-order valence-electron chi connectivity index (χ2n) is 10.7. The topological polar surface area (TPSA) is 153 Å². The molecule has 41 heavy (non-hydrogen) atoms. The van der Waals surface area contributed by atoms with E-state index < -0.39 is 17.6 Å². The maximum Gasteiger partial charge on any atom is 0.413 e. The minimum absolute atomic E-state index is 0.152. The number of nitrogens with zero attached hydrogens (tertiary/aromatic N) is 6. The Labute approximate surface area is 242 Å². The van der Waals surface area contributed by atoms with Crippen LogP contribution in [0.25, 0.3) is 11.3 Å². The number of ether oxygens (including phenoxy) is 2. The fourth-order valence-corrected chi connectivity index (χ4v) is 5.04. The molecule has 1 aromatic rings. The van der Waals surface area contributed by atoms with Crippen molar-refractivity contribution in [3.63, 3.8) is 0 Å². The summed E-state index contributed by atoms with van der Waals surface area (Å²) in [4.78, 5) is 45.4. The van der Waals surface area contributed by atoms with Crippen LogP contribution in [0.1, 0.15) is 59.2 Å². The summed E-state index contributed by atoms with van der Waals surface area (Å²) in [5.74, 6) is 0.564. The van der Waals surface area contributed by atoms with Crippen LogP contribution in [0.3, 0.4) is 0 Å². The highest BCUT2D eigenvalue weighted by atomic mass is 32.2. The van der Waals surface area contributed by atoms with E-state index in [0.717, 1.165) is 28.8 Å². The van der Waals surface area contributed by atoms with Crippen LogP contribution in [0.4, 0.5) is 4.79 Å². The number of aryl methyl sites for hydroxylation is 1. The standard InChI is InChI=1S/C27H34N8O5S/c1-14-10-28-19(15(2)23(14)39-8)12-35-31-18-9-16(25(37)29-11-20(36)34(6)7)17-13-41-33-24(22(32-35)21(17)18)30-26(38)40-27(3,4)5/h9-10H,11-13H2,1-8H3,(H,29,37)(H,30,33,38). The lowest BCUT2D eigenvalue weighted by Crippen LogP contribution is -2.37. The number of carbonyl (C=O) groups excluding carboxylic acids is 3. The summed E-state index contributed by atoms with van der Waals surface area (Å²) in [6.07, 6.45) is 1.03. The van der Waals surface area contributed by atoms with Crippen molar-refractivity contribution in [2.75, 3.05) is 27.7 Å². The Morgan fingerprint density at radius 2 is 1.90 bits per heavy atom. The Hall–Kier alpha value is -4.20. The smallest absolute Gasteiger partial charge is 0.413 e. The van der Waals surface area contributed by atoms with Crippen LogP contribution in [0.15, 0.2) is 16.7 Å². The number of aromatic nitrogens is 4. The molecule has 0 atom stereocenters. The molecule has 3 heterocycles. The molecule has 0 fully saturated rings. The van der Waals surface area contributed by atoms with E-state index in [-0.39, 0.29) is 24.8 Å². The number of hydrogen-bond donors (Lipinski definition) is 2. The van der Waals surface area contributed by atoms with Crippen LogP contribution in [0, 0.1) is 13.8 Å². The lowest BCUT2D eigenvalue weighted by molar-refractivity contribution is -0.127. The van der Waals surface area contributed by atoms with Gasteiger partial charge in [-0.1, -0.05) is 0 Å². The van der Waals surface area contributed by atoms with Crippen LogP contribution in [0.2, 0.25) is 0 Å². The number of methoxy groups -OCH3 is 1. The third kappa shape index (κ3) is 6.59. The molecule has 0 spiro atoms. The zero-order valence-corrected chi connectivity index (χ0v) is 25.2. The molecule has 2 N–H and O–H groups in total. The van der Waals surface area contributed by atoms with E-state index in [1.165, 1.54) is 9.70 Å². The molecular formula is C27H34N8O5S. The van der Waals surface area contributed by atoms with Gasteiger partial charge in [0.15, 0.2) is 5.84 Å². The summed E-state index contributed by atoms with van der Waals surface area (Å²) >= 11 is 1.15. The third-order valence-corrected chi connectivity index (χ3v) is 6.96. The van der Waals surface area contributed by atoms with E-state index in [4.69, 9.17) is 19.7 Å². The molecule has 0 saturated heterocycles. The summed E-state index contributed by atoms with van der Waals surface area (Å²) in [6.45, 7) is 9.16. The first-order valence-corrected chi connectivity index (χ1v) is 13.8. The van der Waals surface area contributed by atoms with Crippen molar-refractivity contribution in [2.24, 2.45) is 4.40 Å². The molecule has 0 bridgehead atoms. The second kappa shape index (κ2) is 11.7. The largest absolute Gasteiger partial charge is 0.496 e. The summed E-state index contributed by atoms with van der Waals surface area (Å²) in [5, 5.41) is 14.8. The number of amides is 3. The van der Waals surface area contributed by atoms with E-state index in [1.54, 1.807) is 54.2 Å². The molecule has 0 unspecified atom stereocenters. The average molecular weight is 583 g/mol. The first kappa shape index (κ1) is 29.8. The molecule has 1 aliphatic carbocycles.